The van der Waals surface area contributed by atoms with E-state index >= 15 is 0 Å². The van der Waals surface area contributed by atoms with Crippen LogP contribution in [0.3, 0.4) is 0 Å². The summed E-state index contributed by atoms with van der Waals surface area (Å²) >= 11 is 3.48. The van der Waals surface area contributed by atoms with Crippen molar-refractivity contribution in [1.82, 2.24) is 4.98 Å². The molecule has 0 atom stereocenters. The molecular weight excluding hydrogens is 268 g/mol. The van der Waals surface area contributed by atoms with Crippen LogP contribution in [0.15, 0.2) is 22.9 Å². The van der Waals surface area contributed by atoms with E-state index in [0.717, 1.165) is 35.8 Å². The minimum Gasteiger partial charge on any atom is -0.388 e. The molecule has 1 aliphatic carbocycles. The summed E-state index contributed by atoms with van der Waals surface area (Å²) in [7, 11) is 2.01. The molecular formula is C12H17BrN2O. The summed E-state index contributed by atoms with van der Waals surface area (Å²) in [6.45, 7) is 0.690. The number of hydrogen-bond donors (Lipinski definition) is 1. The van der Waals surface area contributed by atoms with Crippen molar-refractivity contribution >= 4 is 21.6 Å². The molecule has 1 aliphatic rings. The zero-order valence-electron chi connectivity index (χ0n) is 9.49. The van der Waals surface area contributed by atoms with Crippen LogP contribution in [0.25, 0.3) is 0 Å². The normalized spacial score (nSPS) is 18.7. The fourth-order valence-electron chi connectivity index (χ4n) is 2.40. The first-order valence-electron chi connectivity index (χ1n) is 5.64. The summed E-state index contributed by atoms with van der Waals surface area (Å²) in [4.78, 5) is 6.13. The lowest BCUT2D eigenvalue weighted by molar-refractivity contribution is 0.0559. The van der Waals surface area contributed by atoms with Crippen molar-refractivity contribution in [2.75, 3.05) is 18.5 Å². The summed E-state index contributed by atoms with van der Waals surface area (Å²) in [6, 6.07) is 1.96. The van der Waals surface area contributed by atoms with Crippen LogP contribution in [-0.4, -0.2) is 29.3 Å². The third-order valence-electron chi connectivity index (χ3n) is 3.23. The lowest BCUT2D eigenvalue weighted by Crippen LogP contribution is -2.39. The van der Waals surface area contributed by atoms with Gasteiger partial charge < -0.3 is 10.0 Å². The highest BCUT2D eigenvalue weighted by molar-refractivity contribution is 9.10. The Hall–Kier alpha value is -0.610. The Morgan fingerprint density at radius 3 is 2.81 bits per heavy atom. The highest BCUT2D eigenvalue weighted by Gasteiger charge is 2.32. The fraction of sp³-hybridized carbons (Fsp3) is 0.583. The van der Waals surface area contributed by atoms with E-state index in [-0.39, 0.29) is 0 Å². The number of anilines is 1. The van der Waals surface area contributed by atoms with Gasteiger partial charge in [0, 0.05) is 26.0 Å². The number of aromatic nitrogens is 1. The number of halogens is 1. The molecule has 0 radical (unpaired) electrons. The van der Waals surface area contributed by atoms with Crippen molar-refractivity contribution in [3.05, 3.63) is 22.9 Å². The Kier molecular flexibility index (Phi) is 3.50. The summed E-state index contributed by atoms with van der Waals surface area (Å²) in [5, 5.41) is 10.3. The van der Waals surface area contributed by atoms with Crippen molar-refractivity contribution in [3.63, 3.8) is 0 Å². The quantitative estimate of drug-likeness (QED) is 0.927. The van der Waals surface area contributed by atoms with Crippen LogP contribution in [0.4, 0.5) is 5.69 Å². The van der Waals surface area contributed by atoms with Crippen LogP contribution in [-0.2, 0) is 0 Å². The topological polar surface area (TPSA) is 36.4 Å². The molecule has 0 spiro atoms. The summed E-state index contributed by atoms with van der Waals surface area (Å²) in [6.07, 6.45) is 7.67. The molecule has 88 valence electrons. The van der Waals surface area contributed by atoms with Crippen LogP contribution in [0.1, 0.15) is 25.7 Å². The maximum atomic E-state index is 10.3. The molecule has 0 aromatic carbocycles. The fourth-order valence-corrected chi connectivity index (χ4v) is 2.95. The molecule has 1 N–H and O–H groups in total. The third-order valence-corrected chi connectivity index (χ3v) is 3.84. The van der Waals surface area contributed by atoms with Gasteiger partial charge in [-0.05, 0) is 34.8 Å². The average molecular weight is 285 g/mol. The summed E-state index contributed by atoms with van der Waals surface area (Å²) in [5.41, 5.74) is 0.576. The molecule has 0 amide bonds. The number of pyridine rings is 1. The van der Waals surface area contributed by atoms with Gasteiger partial charge in [-0.1, -0.05) is 12.8 Å². The number of hydrogen-bond acceptors (Lipinski definition) is 3. The predicted octanol–water partition coefficient (Wildman–Crippen LogP) is 2.59. The van der Waals surface area contributed by atoms with E-state index < -0.39 is 5.60 Å². The minimum absolute atomic E-state index is 0.503. The van der Waals surface area contributed by atoms with Gasteiger partial charge in [-0.25, -0.2) is 0 Å². The lowest BCUT2D eigenvalue weighted by Gasteiger charge is -2.30. The number of likely N-dealkylation sites (N-methyl/N-ethyl adjacent to an activating group) is 1. The molecule has 1 aromatic heterocycles. The molecule has 3 nitrogen and oxygen atoms in total. The van der Waals surface area contributed by atoms with Crippen molar-refractivity contribution in [1.29, 1.82) is 0 Å². The number of aliphatic hydroxyl groups is 1. The molecule has 1 aromatic rings. The standard InChI is InChI=1S/C12H17BrN2O/c1-15(9-12(16)5-2-3-6-12)11-4-7-14-8-10(11)13/h4,7-8,16H,2-3,5-6,9H2,1H3. The number of nitrogens with zero attached hydrogens (tertiary/aromatic N) is 2. The first-order valence-corrected chi connectivity index (χ1v) is 6.43. The molecule has 2 rings (SSSR count). The van der Waals surface area contributed by atoms with Crippen molar-refractivity contribution < 1.29 is 5.11 Å². The van der Waals surface area contributed by atoms with Gasteiger partial charge in [-0.3, -0.25) is 4.98 Å². The van der Waals surface area contributed by atoms with Gasteiger partial charge in [0.05, 0.1) is 15.8 Å². The average Bonchev–Trinajstić information content (AvgIpc) is 2.65. The molecule has 4 heteroatoms. The zero-order valence-corrected chi connectivity index (χ0v) is 11.1. The van der Waals surface area contributed by atoms with Crippen LogP contribution in [0.5, 0.6) is 0 Å². The number of rotatable bonds is 3. The van der Waals surface area contributed by atoms with Crippen LogP contribution in [0.2, 0.25) is 0 Å². The molecule has 0 aliphatic heterocycles. The van der Waals surface area contributed by atoms with E-state index in [4.69, 9.17) is 0 Å². The van der Waals surface area contributed by atoms with E-state index in [1.165, 1.54) is 0 Å². The second-order valence-electron chi connectivity index (χ2n) is 4.61. The van der Waals surface area contributed by atoms with Crippen LogP contribution >= 0.6 is 15.9 Å². The molecule has 1 heterocycles. The highest BCUT2D eigenvalue weighted by atomic mass is 79.9. The Labute approximate surface area is 105 Å². The van der Waals surface area contributed by atoms with Crippen LogP contribution in [0, 0.1) is 0 Å². The van der Waals surface area contributed by atoms with Crippen molar-refractivity contribution in [2.24, 2.45) is 0 Å². The summed E-state index contributed by atoms with van der Waals surface area (Å²) < 4.78 is 0.971. The summed E-state index contributed by atoms with van der Waals surface area (Å²) in [5.74, 6) is 0. The maximum absolute atomic E-state index is 10.3. The molecule has 1 fully saturated rings. The molecule has 16 heavy (non-hydrogen) atoms. The van der Waals surface area contributed by atoms with Crippen molar-refractivity contribution in [2.45, 2.75) is 31.3 Å². The molecule has 0 unspecified atom stereocenters. The Bertz CT molecular complexity index is 364. The van der Waals surface area contributed by atoms with Gasteiger partial charge in [-0.2, -0.15) is 0 Å². The first kappa shape index (κ1) is 11.9. The maximum Gasteiger partial charge on any atom is 0.0821 e. The predicted molar refractivity (Wildman–Crippen MR) is 68.6 cm³/mol. The van der Waals surface area contributed by atoms with Gasteiger partial charge in [0.1, 0.15) is 0 Å². The Morgan fingerprint density at radius 1 is 1.50 bits per heavy atom. The lowest BCUT2D eigenvalue weighted by atomic mass is 10.0. The molecule has 0 bridgehead atoms. The largest absolute Gasteiger partial charge is 0.388 e. The van der Waals surface area contributed by atoms with Crippen molar-refractivity contribution in [3.8, 4) is 0 Å². The zero-order chi connectivity index (χ0) is 11.6. The van der Waals surface area contributed by atoms with E-state index in [2.05, 4.69) is 25.8 Å². The third kappa shape index (κ3) is 2.55. The Balaban J connectivity index is 2.08. The van der Waals surface area contributed by atoms with Gasteiger partial charge in [-0.15, -0.1) is 0 Å². The smallest absolute Gasteiger partial charge is 0.0821 e. The van der Waals surface area contributed by atoms with Gasteiger partial charge in [0.15, 0.2) is 0 Å². The SMILES string of the molecule is CN(CC1(O)CCCC1)c1ccncc1Br. The van der Waals surface area contributed by atoms with Gasteiger partial charge in [0.25, 0.3) is 0 Å². The van der Waals surface area contributed by atoms with Gasteiger partial charge in [0.2, 0.25) is 0 Å². The van der Waals surface area contributed by atoms with E-state index in [1.807, 2.05) is 13.1 Å². The second kappa shape index (κ2) is 4.72. The van der Waals surface area contributed by atoms with Crippen LogP contribution < -0.4 is 4.90 Å². The van der Waals surface area contributed by atoms with Gasteiger partial charge >= 0.3 is 0 Å². The minimum atomic E-state index is -0.503. The first-order chi connectivity index (χ1) is 7.61. The van der Waals surface area contributed by atoms with E-state index in [0.29, 0.717) is 6.54 Å². The van der Waals surface area contributed by atoms with E-state index in [9.17, 15) is 5.11 Å². The van der Waals surface area contributed by atoms with E-state index in [1.54, 1.807) is 12.4 Å². The molecule has 1 saturated carbocycles. The highest BCUT2D eigenvalue weighted by Crippen LogP contribution is 2.32. The molecule has 0 saturated heterocycles. The monoisotopic (exact) mass is 284 g/mol. The second-order valence-corrected chi connectivity index (χ2v) is 5.47. The Morgan fingerprint density at radius 2 is 2.19 bits per heavy atom.